The van der Waals surface area contributed by atoms with Gasteiger partial charge in [-0.3, -0.25) is 9.78 Å². The summed E-state index contributed by atoms with van der Waals surface area (Å²) in [5.74, 6) is 0. The fourth-order valence-corrected chi connectivity index (χ4v) is 2.75. The average molecular weight is 315 g/mol. The maximum absolute atomic E-state index is 12.1. The van der Waals surface area contributed by atoms with Crippen LogP contribution in [0, 0.1) is 0 Å². The topological polar surface area (TPSA) is 78.6 Å². The van der Waals surface area contributed by atoms with Crippen LogP contribution in [0.1, 0.15) is 0 Å². The van der Waals surface area contributed by atoms with E-state index in [4.69, 9.17) is 0 Å². The Balaban J connectivity index is 2.12. The van der Waals surface area contributed by atoms with Gasteiger partial charge in [0.1, 0.15) is 0 Å². The van der Waals surface area contributed by atoms with Crippen molar-refractivity contribution < 1.29 is 0 Å². The molecule has 0 saturated heterocycles. The molecule has 2 aromatic carbocycles. The van der Waals surface area contributed by atoms with E-state index in [-0.39, 0.29) is 5.52 Å². The van der Waals surface area contributed by atoms with E-state index in [1.807, 2.05) is 60.7 Å². The molecule has 5 heteroatoms. The molecule has 0 bridgehead atoms. The molecule has 2 N–H and O–H groups in total. The summed E-state index contributed by atoms with van der Waals surface area (Å²) >= 11 is 0. The highest BCUT2D eigenvalue weighted by Gasteiger charge is 2.13. The summed E-state index contributed by atoms with van der Waals surface area (Å²) < 4.78 is 0. The van der Waals surface area contributed by atoms with Gasteiger partial charge in [0, 0.05) is 11.1 Å². The van der Waals surface area contributed by atoms with E-state index in [0.29, 0.717) is 11.2 Å². The molecule has 2 heterocycles. The van der Waals surface area contributed by atoms with Crippen molar-refractivity contribution in [2.24, 2.45) is 0 Å². The predicted octanol–water partition coefficient (Wildman–Crippen LogP) is 2.95. The number of H-pyrrole nitrogens is 2. The maximum atomic E-state index is 12.1. The lowest BCUT2D eigenvalue weighted by Gasteiger charge is -2.11. The zero-order valence-electron chi connectivity index (χ0n) is 12.6. The lowest BCUT2D eigenvalue weighted by Crippen LogP contribution is -2.22. The summed E-state index contributed by atoms with van der Waals surface area (Å²) in [5, 5.41) is 0. The largest absolute Gasteiger partial charge is 0.326 e. The Morgan fingerprint density at radius 2 is 1.38 bits per heavy atom. The van der Waals surface area contributed by atoms with Gasteiger partial charge in [0.05, 0.1) is 11.2 Å². The van der Waals surface area contributed by atoms with Crippen molar-refractivity contribution in [3.63, 3.8) is 0 Å². The summed E-state index contributed by atoms with van der Waals surface area (Å²) in [7, 11) is 0. The van der Waals surface area contributed by atoms with E-state index < -0.39 is 11.2 Å². The van der Waals surface area contributed by atoms with Gasteiger partial charge < -0.3 is 4.98 Å². The Hall–Kier alpha value is -3.47. The molecule has 0 saturated carbocycles. The number of hydrogen-bond donors (Lipinski definition) is 2. The van der Waals surface area contributed by atoms with Gasteiger partial charge in [-0.25, -0.2) is 9.78 Å². The number of fused-ring (bicyclic) bond motifs is 1. The number of aromatic amines is 2. The Morgan fingerprint density at radius 1 is 0.750 bits per heavy atom. The van der Waals surface area contributed by atoms with Crippen LogP contribution in [-0.4, -0.2) is 15.0 Å². The summed E-state index contributed by atoms with van der Waals surface area (Å²) in [5.41, 5.74) is 3.03. The fourth-order valence-electron chi connectivity index (χ4n) is 2.75. The molecule has 0 atom stereocenters. The number of hydrogen-bond acceptors (Lipinski definition) is 3. The molecule has 116 valence electrons. The van der Waals surface area contributed by atoms with Crippen molar-refractivity contribution in [1.29, 1.82) is 0 Å². The Kier molecular flexibility index (Phi) is 3.31. The molecule has 0 unspecified atom stereocenters. The van der Waals surface area contributed by atoms with Gasteiger partial charge in [-0.15, -0.1) is 0 Å². The lowest BCUT2D eigenvalue weighted by atomic mass is 9.99. The Bertz CT molecular complexity index is 1130. The second-order valence-electron chi connectivity index (χ2n) is 5.42. The quantitative estimate of drug-likeness (QED) is 0.597. The van der Waals surface area contributed by atoms with E-state index in [0.717, 1.165) is 16.7 Å². The van der Waals surface area contributed by atoms with E-state index in [1.54, 1.807) is 6.07 Å². The zero-order valence-corrected chi connectivity index (χ0v) is 12.6. The van der Waals surface area contributed by atoms with Gasteiger partial charge in [0.25, 0.3) is 5.56 Å². The summed E-state index contributed by atoms with van der Waals surface area (Å²) in [6.07, 6.45) is 0. The van der Waals surface area contributed by atoms with Gasteiger partial charge >= 0.3 is 5.69 Å². The molecule has 0 aliphatic carbocycles. The molecule has 4 rings (SSSR count). The average Bonchev–Trinajstić information content (AvgIpc) is 2.62. The van der Waals surface area contributed by atoms with Crippen LogP contribution >= 0.6 is 0 Å². The van der Waals surface area contributed by atoms with Crippen LogP contribution in [0.2, 0.25) is 0 Å². The molecule has 4 aromatic rings. The van der Waals surface area contributed by atoms with Crippen LogP contribution in [0.25, 0.3) is 33.4 Å². The first-order valence-electron chi connectivity index (χ1n) is 7.50. The second-order valence-corrected chi connectivity index (χ2v) is 5.42. The van der Waals surface area contributed by atoms with Crippen molar-refractivity contribution in [2.45, 2.75) is 0 Å². The van der Waals surface area contributed by atoms with Gasteiger partial charge in [0.2, 0.25) is 0 Å². The maximum Gasteiger partial charge on any atom is 0.326 e. The number of aromatic nitrogens is 3. The molecule has 5 nitrogen and oxygen atoms in total. The van der Waals surface area contributed by atoms with Crippen molar-refractivity contribution in [1.82, 2.24) is 15.0 Å². The number of benzene rings is 2. The molecule has 0 aliphatic rings. The first kappa shape index (κ1) is 14.1. The SMILES string of the molecule is O=c1[nH]c(=O)c2nc(-c3ccccc3)c(-c3ccccc3)cc2[nH]1. The van der Waals surface area contributed by atoms with E-state index in [1.165, 1.54) is 0 Å². The number of nitrogens with zero attached hydrogens (tertiary/aromatic N) is 1. The molecule has 2 aromatic heterocycles. The minimum atomic E-state index is -0.541. The van der Waals surface area contributed by atoms with Crippen LogP contribution in [0.4, 0.5) is 0 Å². The molecule has 0 aliphatic heterocycles. The van der Waals surface area contributed by atoms with Crippen LogP contribution in [0.15, 0.2) is 76.3 Å². The van der Waals surface area contributed by atoms with Gasteiger partial charge in [-0.2, -0.15) is 0 Å². The monoisotopic (exact) mass is 315 g/mol. The van der Waals surface area contributed by atoms with Crippen molar-refractivity contribution in [3.8, 4) is 22.4 Å². The van der Waals surface area contributed by atoms with Gasteiger partial charge in [-0.05, 0) is 11.6 Å². The first-order valence-corrected chi connectivity index (χ1v) is 7.50. The number of pyridine rings is 1. The zero-order chi connectivity index (χ0) is 16.5. The molecular formula is C19H13N3O2. The number of nitrogens with one attached hydrogen (secondary N) is 2. The van der Waals surface area contributed by atoms with E-state index >= 15 is 0 Å². The van der Waals surface area contributed by atoms with Crippen molar-refractivity contribution in [2.75, 3.05) is 0 Å². The van der Waals surface area contributed by atoms with Crippen LogP contribution < -0.4 is 11.2 Å². The van der Waals surface area contributed by atoms with Gasteiger partial charge in [-0.1, -0.05) is 60.7 Å². The summed E-state index contributed by atoms with van der Waals surface area (Å²) in [6.45, 7) is 0. The van der Waals surface area contributed by atoms with Crippen molar-refractivity contribution in [3.05, 3.63) is 87.6 Å². The van der Waals surface area contributed by atoms with Crippen molar-refractivity contribution >= 4 is 11.0 Å². The van der Waals surface area contributed by atoms with Crippen LogP contribution in [-0.2, 0) is 0 Å². The van der Waals surface area contributed by atoms with E-state index in [2.05, 4.69) is 15.0 Å². The number of rotatable bonds is 2. The Morgan fingerprint density at radius 3 is 2.04 bits per heavy atom. The predicted molar refractivity (Wildman–Crippen MR) is 93.9 cm³/mol. The highest BCUT2D eigenvalue weighted by atomic mass is 16.2. The molecule has 0 radical (unpaired) electrons. The van der Waals surface area contributed by atoms with Crippen LogP contribution in [0.3, 0.4) is 0 Å². The first-order chi connectivity index (χ1) is 11.7. The highest BCUT2D eigenvalue weighted by Crippen LogP contribution is 2.31. The third kappa shape index (κ3) is 2.42. The third-order valence-corrected chi connectivity index (χ3v) is 3.84. The standard InChI is InChI=1S/C19H13N3O2/c23-18-17-15(20-19(24)22-18)11-14(12-7-3-1-4-8-12)16(21-17)13-9-5-2-6-10-13/h1-11H,(H2,20,22,23,24). The van der Waals surface area contributed by atoms with Gasteiger partial charge in [0.15, 0.2) is 5.52 Å². The lowest BCUT2D eigenvalue weighted by molar-refractivity contribution is 1.07. The molecule has 24 heavy (non-hydrogen) atoms. The molecule has 0 fully saturated rings. The second kappa shape index (κ2) is 5.62. The highest BCUT2D eigenvalue weighted by molar-refractivity contribution is 5.89. The van der Waals surface area contributed by atoms with Crippen LogP contribution in [0.5, 0.6) is 0 Å². The summed E-state index contributed by atoms with van der Waals surface area (Å²) in [4.78, 5) is 33.1. The molecule has 0 amide bonds. The normalized spacial score (nSPS) is 10.8. The Labute approximate surface area is 136 Å². The summed E-state index contributed by atoms with van der Waals surface area (Å²) in [6, 6.07) is 21.2. The minimum absolute atomic E-state index is 0.216. The smallest absolute Gasteiger partial charge is 0.305 e. The molecule has 0 spiro atoms. The minimum Gasteiger partial charge on any atom is -0.305 e. The van der Waals surface area contributed by atoms with E-state index in [9.17, 15) is 9.59 Å². The third-order valence-electron chi connectivity index (χ3n) is 3.84. The fraction of sp³-hybridized carbons (Fsp3) is 0. The molecular weight excluding hydrogens is 302 g/mol.